The molecule has 98 valence electrons. The minimum Gasteiger partial charge on any atom is -0.476 e. The van der Waals surface area contributed by atoms with Crippen LogP contribution in [0.4, 0.5) is 0 Å². The zero-order chi connectivity index (χ0) is 14.0. The van der Waals surface area contributed by atoms with E-state index in [2.05, 4.69) is 10.3 Å². The van der Waals surface area contributed by atoms with Crippen molar-refractivity contribution >= 4 is 23.5 Å². The fraction of sp³-hybridized carbons (Fsp3) is 0.0909. The second kappa shape index (κ2) is 5.07. The van der Waals surface area contributed by atoms with Crippen molar-refractivity contribution in [3.05, 3.63) is 46.2 Å². The minimum absolute atomic E-state index is 0.0719. The van der Waals surface area contributed by atoms with E-state index in [1.54, 1.807) is 24.3 Å². The zero-order valence-corrected chi connectivity index (χ0v) is 10.2. The predicted octanol–water partition coefficient (Wildman–Crippen LogP) is 1.38. The molecular formula is C11H8ClN3O4. The van der Waals surface area contributed by atoms with E-state index in [9.17, 15) is 9.59 Å². The average Bonchev–Trinajstić information content (AvgIpc) is 2.73. The van der Waals surface area contributed by atoms with Crippen molar-refractivity contribution in [1.82, 2.24) is 15.0 Å². The first-order valence-corrected chi connectivity index (χ1v) is 5.51. The monoisotopic (exact) mass is 281 g/mol. The fourth-order valence-corrected chi connectivity index (χ4v) is 1.80. The van der Waals surface area contributed by atoms with E-state index in [0.29, 0.717) is 10.6 Å². The summed E-state index contributed by atoms with van der Waals surface area (Å²) in [6.45, 7) is 0.0719. The number of nitrogens with zero attached hydrogens (tertiary/aromatic N) is 3. The van der Waals surface area contributed by atoms with Gasteiger partial charge in [0, 0.05) is 5.02 Å². The maximum Gasteiger partial charge on any atom is 0.359 e. The zero-order valence-electron chi connectivity index (χ0n) is 9.45. The number of hydrogen-bond acceptors (Lipinski definition) is 4. The summed E-state index contributed by atoms with van der Waals surface area (Å²) in [4.78, 5) is 21.9. The van der Waals surface area contributed by atoms with E-state index in [1.165, 1.54) is 0 Å². The summed E-state index contributed by atoms with van der Waals surface area (Å²) in [7, 11) is 0. The van der Waals surface area contributed by atoms with Crippen LogP contribution in [-0.4, -0.2) is 37.1 Å². The molecule has 8 heteroatoms. The number of benzene rings is 1. The van der Waals surface area contributed by atoms with Gasteiger partial charge in [0.15, 0.2) is 5.69 Å². The van der Waals surface area contributed by atoms with Gasteiger partial charge in [-0.3, -0.25) is 0 Å². The third kappa shape index (κ3) is 2.71. The largest absolute Gasteiger partial charge is 0.476 e. The average molecular weight is 282 g/mol. The van der Waals surface area contributed by atoms with Gasteiger partial charge >= 0.3 is 11.9 Å². The fourth-order valence-electron chi connectivity index (χ4n) is 1.59. The second-order valence-electron chi connectivity index (χ2n) is 3.68. The highest BCUT2D eigenvalue weighted by atomic mass is 35.5. The molecule has 0 amide bonds. The molecule has 0 unspecified atom stereocenters. The van der Waals surface area contributed by atoms with Gasteiger partial charge in [0.2, 0.25) is 5.69 Å². The quantitative estimate of drug-likeness (QED) is 0.877. The van der Waals surface area contributed by atoms with E-state index in [-0.39, 0.29) is 6.54 Å². The number of aromatic nitrogens is 3. The first-order chi connectivity index (χ1) is 8.99. The van der Waals surface area contributed by atoms with Crippen molar-refractivity contribution in [3.8, 4) is 0 Å². The molecule has 2 rings (SSSR count). The van der Waals surface area contributed by atoms with Crippen LogP contribution in [0.3, 0.4) is 0 Å². The van der Waals surface area contributed by atoms with Crippen LogP contribution in [0.2, 0.25) is 5.02 Å². The molecule has 2 N–H and O–H groups in total. The Labute approximate surface area is 112 Å². The van der Waals surface area contributed by atoms with Gasteiger partial charge in [0.25, 0.3) is 0 Å². The Morgan fingerprint density at radius 2 is 2.00 bits per heavy atom. The summed E-state index contributed by atoms with van der Waals surface area (Å²) in [6.07, 6.45) is 0. The van der Waals surface area contributed by atoms with Crippen molar-refractivity contribution in [1.29, 1.82) is 0 Å². The normalized spacial score (nSPS) is 10.4. The van der Waals surface area contributed by atoms with E-state index in [1.807, 2.05) is 0 Å². The molecule has 0 aliphatic rings. The van der Waals surface area contributed by atoms with E-state index in [0.717, 1.165) is 4.68 Å². The number of carboxylic acids is 2. The van der Waals surface area contributed by atoms with E-state index in [4.69, 9.17) is 21.8 Å². The summed E-state index contributed by atoms with van der Waals surface area (Å²) < 4.78 is 1.01. The summed E-state index contributed by atoms with van der Waals surface area (Å²) in [5.41, 5.74) is -0.362. The molecule has 0 saturated carbocycles. The van der Waals surface area contributed by atoms with Crippen molar-refractivity contribution in [2.75, 3.05) is 0 Å². The highest BCUT2D eigenvalue weighted by molar-refractivity contribution is 6.30. The lowest BCUT2D eigenvalue weighted by atomic mass is 10.2. The van der Waals surface area contributed by atoms with Crippen LogP contribution in [0.25, 0.3) is 0 Å². The maximum atomic E-state index is 11.1. The summed E-state index contributed by atoms with van der Waals surface area (Å²) in [5.74, 6) is -2.83. The first-order valence-electron chi connectivity index (χ1n) is 5.13. The molecule has 0 bridgehead atoms. The number of carboxylic acid groups (broad SMARTS) is 2. The Kier molecular flexibility index (Phi) is 3.48. The Morgan fingerprint density at radius 1 is 1.26 bits per heavy atom. The van der Waals surface area contributed by atoms with Gasteiger partial charge in [0.05, 0.1) is 6.54 Å². The third-order valence-corrected chi connectivity index (χ3v) is 2.60. The Balaban J connectivity index is 2.41. The van der Waals surface area contributed by atoms with Gasteiger partial charge in [-0.1, -0.05) is 28.9 Å². The predicted molar refractivity (Wildman–Crippen MR) is 64.5 cm³/mol. The van der Waals surface area contributed by atoms with Crippen LogP contribution in [0.15, 0.2) is 24.3 Å². The maximum absolute atomic E-state index is 11.1. The molecule has 0 saturated heterocycles. The van der Waals surface area contributed by atoms with Crippen LogP contribution >= 0.6 is 11.6 Å². The van der Waals surface area contributed by atoms with Gasteiger partial charge in [-0.25, -0.2) is 14.3 Å². The molecule has 2 aromatic rings. The van der Waals surface area contributed by atoms with Gasteiger partial charge < -0.3 is 10.2 Å². The number of aromatic carboxylic acids is 2. The number of carbonyl (C=O) groups is 2. The molecule has 0 aliphatic heterocycles. The van der Waals surface area contributed by atoms with Crippen LogP contribution in [0.5, 0.6) is 0 Å². The first kappa shape index (κ1) is 13.0. The van der Waals surface area contributed by atoms with Crippen molar-refractivity contribution in [3.63, 3.8) is 0 Å². The minimum atomic E-state index is -1.44. The van der Waals surface area contributed by atoms with Gasteiger partial charge in [-0.2, -0.15) is 0 Å². The van der Waals surface area contributed by atoms with Crippen LogP contribution in [0, 0.1) is 0 Å². The van der Waals surface area contributed by atoms with Crippen LogP contribution < -0.4 is 0 Å². The smallest absolute Gasteiger partial charge is 0.359 e. The molecule has 7 nitrogen and oxygen atoms in total. The van der Waals surface area contributed by atoms with Gasteiger partial charge in [-0.15, -0.1) is 5.10 Å². The number of rotatable bonds is 4. The Hall–Kier alpha value is -2.41. The van der Waals surface area contributed by atoms with Crippen LogP contribution in [0.1, 0.15) is 26.5 Å². The van der Waals surface area contributed by atoms with Crippen LogP contribution in [-0.2, 0) is 6.54 Å². The molecular weight excluding hydrogens is 274 g/mol. The van der Waals surface area contributed by atoms with Crippen molar-refractivity contribution < 1.29 is 19.8 Å². The molecule has 1 aromatic carbocycles. The SMILES string of the molecule is O=C(O)c1nnn(Cc2cccc(Cl)c2)c1C(=O)O. The lowest BCUT2D eigenvalue weighted by molar-refractivity contribution is 0.0640. The van der Waals surface area contributed by atoms with Gasteiger partial charge in [0.1, 0.15) is 0 Å². The van der Waals surface area contributed by atoms with E-state index >= 15 is 0 Å². The third-order valence-electron chi connectivity index (χ3n) is 2.36. The molecule has 1 heterocycles. The number of hydrogen-bond donors (Lipinski definition) is 2. The topological polar surface area (TPSA) is 105 Å². The van der Waals surface area contributed by atoms with E-state index < -0.39 is 23.3 Å². The highest BCUT2D eigenvalue weighted by Crippen LogP contribution is 2.13. The Morgan fingerprint density at radius 3 is 2.58 bits per heavy atom. The summed E-state index contributed by atoms with van der Waals surface area (Å²) in [6, 6.07) is 6.73. The van der Waals surface area contributed by atoms with Crippen molar-refractivity contribution in [2.45, 2.75) is 6.54 Å². The lowest BCUT2D eigenvalue weighted by Gasteiger charge is -2.04. The molecule has 0 spiro atoms. The van der Waals surface area contributed by atoms with Crippen molar-refractivity contribution in [2.24, 2.45) is 0 Å². The molecule has 0 atom stereocenters. The van der Waals surface area contributed by atoms with Gasteiger partial charge in [-0.05, 0) is 17.7 Å². The summed E-state index contributed by atoms with van der Waals surface area (Å²) in [5, 5.41) is 25.3. The lowest BCUT2D eigenvalue weighted by Crippen LogP contribution is -2.14. The molecule has 19 heavy (non-hydrogen) atoms. The summed E-state index contributed by atoms with van der Waals surface area (Å²) >= 11 is 5.81. The second-order valence-corrected chi connectivity index (χ2v) is 4.12. The molecule has 1 aromatic heterocycles. The molecule has 0 aliphatic carbocycles. The molecule has 0 fully saturated rings. The number of halogens is 1. The standard InChI is InChI=1S/C11H8ClN3O4/c12-7-3-1-2-6(4-7)5-15-9(11(18)19)8(10(16)17)13-14-15/h1-4H,5H2,(H,16,17)(H,18,19). The highest BCUT2D eigenvalue weighted by Gasteiger charge is 2.24. The molecule has 0 radical (unpaired) electrons. The Bertz CT molecular complexity index is 653.